The van der Waals surface area contributed by atoms with Crippen LogP contribution in [-0.2, 0) is 19.2 Å². The molecule has 17 heavy (non-hydrogen) atoms. The highest BCUT2D eigenvalue weighted by atomic mass is 16.7. The summed E-state index contributed by atoms with van der Waals surface area (Å²) in [5, 5.41) is 1.21. The lowest BCUT2D eigenvalue weighted by atomic mass is 10.2. The zero-order valence-electron chi connectivity index (χ0n) is 10.8. The highest BCUT2D eigenvalue weighted by Gasteiger charge is 2.18. The van der Waals surface area contributed by atoms with Crippen molar-refractivity contribution < 1.29 is 19.2 Å². The van der Waals surface area contributed by atoms with Crippen LogP contribution in [0, 0.1) is 0 Å². The maximum absolute atomic E-state index is 11.3. The largest absolute Gasteiger partial charge is 0.463 e. The van der Waals surface area contributed by atoms with Gasteiger partial charge in [0.1, 0.15) is 12.1 Å². The summed E-state index contributed by atoms with van der Waals surface area (Å²) in [5.41, 5.74) is -0.273. The van der Waals surface area contributed by atoms with Crippen molar-refractivity contribution >= 4 is 11.9 Å². The van der Waals surface area contributed by atoms with Gasteiger partial charge in [-0.05, 0) is 27.7 Å². The highest BCUT2D eigenvalue weighted by Crippen LogP contribution is 2.12. The number of esters is 1. The number of hydroxylamine groups is 2. The lowest BCUT2D eigenvalue weighted by molar-refractivity contribution is -0.194. The third-order valence-corrected chi connectivity index (χ3v) is 1.50. The first kappa shape index (κ1) is 15.4. The SMILES string of the molecule is C=C(CN(C=C=O)OC(C)(C)C)C(=O)OCC. The molecule has 0 aromatic heterocycles. The van der Waals surface area contributed by atoms with Crippen molar-refractivity contribution in [2.45, 2.75) is 33.3 Å². The molecule has 5 nitrogen and oxygen atoms in total. The van der Waals surface area contributed by atoms with Gasteiger partial charge < -0.3 is 4.74 Å². The average molecular weight is 241 g/mol. The van der Waals surface area contributed by atoms with Crippen LogP contribution in [-0.4, -0.2) is 35.7 Å². The summed E-state index contributed by atoms with van der Waals surface area (Å²) in [6.45, 7) is 11.1. The second kappa shape index (κ2) is 6.89. The van der Waals surface area contributed by atoms with Crippen LogP contribution >= 0.6 is 0 Å². The Morgan fingerprint density at radius 1 is 1.47 bits per heavy atom. The molecule has 0 aliphatic heterocycles. The molecule has 0 rings (SSSR count). The molecule has 0 aromatic carbocycles. The zero-order valence-corrected chi connectivity index (χ0v) is 10.8. The number of nitrogens with zero attached hydrogens (tertiary/aromatic N) is 1. The van der Waals surface area contributed by atoms with Crippen LogP contribution in [0.5, 0.6) is 0 Å². The minimum atomic E-state index is -0.505. The standard InChI is InChI=1S/C12H19NO4/c1-6-16-11(15)10(2)9-13(7-8-14)17-12(3,4)5/h7H,2,6,9H2,1,3-5H3. The second-order valence-corrected chi connectivity index (χ2v) is 4.35. The van der Waals surface area contributed by atoms with Crippen molar-refractivity contribution in [3.05, 3.63) is 18.4 Å². The Bertz CT molecular complexity index is 324. The van der Waals surface area contributed by atoms with Crippen molar-refractivity contribution in [1.82, 2.24) is 5.06 Å². The molecule has 0 aromatic rings. The van der Waals surface area contributed by atoms with E-state index in [2.05, 4.69) is 6.58 Å². The Morgan fingerprint density at radius 2 is 2.06 bits per heavy atom. The van der Waals surface area contributed by atoms with Crippen molar-refractivity contribution in [2.75, 3.05) is 13.2 Å². The van der Waals surface area contributed by atoms with Crippen LogP contribution in [0.4, 0.5) is 0 Å². The minimum Gasteiger partial charge on any atom is -0.463 e. The molecule has 0 radical (unpaired) electrons. The van der Waals surface area contributed by atoms with E-state index in [1.165, 1.54) is 5.06 Å². The molecule has 0 amide bonds. The molecule has 5 heteroatoms. The fourth-order valence-electron chi connectivity index (χ4n) is 1.00. The topological polar surface area (TPSA) is 55.8 Å². The molecule has 0 aliphatic rings. The van der Waals surface area contributed by atoms with E-state index < -0.39 is 11.6 Å². The van der Waals surface area contributed by atoms with E-state index in [-0.39, 0.29) is 18.7 Å². The van der Waals surface area contributed by atoms with E-state index in [9.17, 15) is 9.59 Å². The summed E-state index contributed by atoms with van der Waals surface area (Å²) in [4.78, 5) is 27.1. The summed E-state index contributed by atoms with van der Waals surface area (Å²) >= 11 is 0. The molecule has 0 unspecified atom stereocenters. The van der Waals surface area contributed by atoms with Gasteiger partial charge in [-0.3, -0.25) is 4.84 Å². The van der Waals surface area contributed by atoms with E-state index in [0.29, 0.717) is 0 Å². The van der Waals surface area contributed by atoms with Crippen LogP contribution in [0.15, 0.2) is 18.4 Å². The number of hydrogen-bond acceptors (Lipinski definition) is 5. The number of ether oxygens (including phenoxy) is 1. The average Bonchev–Trinajstić information content (AvgIpc) is 2.15. The van der Waals surface area contributed by atoms with Gasteiger partial charge in [0.15, 0.2) is 0 Å². The Kier molecular flexibility index (Phi) is 6.25. The van der Waals surface area contributed by atoms with Crippen LogP contribution in [0.25, 0.3) is 0 Å². The lowest BCUT2D eigenvalue weighted by Gasteiger charge is -2.27. The summed E-state index contributed by atoms with van der Waals surface area (Å²) in [7, 11) is 0. The van der Waals surface area contributed by atoms with Gasteiger partial charge in [0.25, 0.3) is 0 Å². The molecule has 0 saturated heterocycles. The van der Waals surface area contributed by atoms with E-state index in [0.717, 1.165) is 6.20 Å². The van der Waals surface area contributed by atoms with E-state index in [4.69, 9.17) is 9.57 Å². The third-order valence-electron chi connectivity index (χ3n) is 1.50. The van der Waals surface area contributed by atoms with Gasteiger partial charge in [-0.1, -0.05) is 6.58 Å². The molecule has 0 atom stereocenters. The van der Waals surface area contributed by atoms with Gasteiger partial charge in [0.05, 0.1) is 24.3 Å². The Hall–Kier alpha value is -1.58. The molecule has 0 saturated carbocycles. The predicted molar refractivity (Wildman–Crippen MR) is 63.6 cm³/mol. The van der Waals surface area contributed by atoms with Crippen LogP contribution in [0.3, 0.4) is 0 Å². The van der Waals surface area contributed by atoms with Crippen LogP contribution in [0.2, 0.25) is 0 Å². The smallest absolute Gasteiger partial charge is 0.335 e. The molecule has 0 N–H and O–H groups in total. The highest BCUT2D eigenvalue weighted by molar-refractivity contribution is 5.88. The monoisotopic (exact) mass is 241 g/mol. The van der Waals surface area contributed by atoms with Gasteiger partial charge >= 0.3 is 5.97 Å². The molecular weight excluding hydrogens is 222 g/mol. The zero-order chi connectivity index (χ0) is 13.5. The van der Waals surface area contributed by atoms with Gasteiger partial charge in [-0.2, -0.15) is 0 Å². The van der Waals surface area contributed by atoms with Crippen molar-refractivity contribution in [2.24, 2.45) is 0 Å². The molecule has 0 fully saturated rings. The second-order valence-electron chi connectivity index (χ2n) is 4.35. The summed E-state index contributed by atoms with van der Waals surface area (Å²) in [5.74, 6) is 1.09. The van der Waals surface area contributed by atoms with Gasteiger partial charge in [-0.15, -0.1) is 0 Å². The first-order valence-corrected chi connectivity index (χ1v) is 5.32. The Morgan fingerprint density at radius 3 is 2.47 bits per heavy atom. The molecule has 0 aliphatic carbocycles. The maximum Gasteiger partial charge on any atom is 0.335 e. The predicted octanol–water partition coefficient (Wildman–Crippen LogP) is 1.48. The van der Waals surface area contributed by atoms with E-state index in [1.54, 1.807) is 12.9 Å². The van der Waals surface area contributed by atoms with E-state index >= 15 is 0 Å². The fraction of sp³-hybridized carbons (Fsp3) is 0.583. The summed E-state index contributed by atoms with van der Waals surface area (Å²) < 4.78 is 4.78. The number of carbonyl (C=O) groups excluding carboxylic acids is 2. The summed E-state index contributed by atoms with van der Waals surface area (Å²) in [6, 6.07) is 0. The van der Waals surface area contributed by atoms with Crippen molar-refractivity contribution in [3.8, 4) is 0 Å². The van der Waals surface area contributed by atoms with E-state index in [1.807, 2.05) is 20.8 Å². The lowest BCUT2D eigenvalue weighted by Crippen LogP contribution is -2.33. The van der Waals surface area contributed by atoms with Gasteiger partial charge in [-0.25, -0.2) is 14.7 Å². The molecule has 0 bridgehead atoms. The number of carbonyl (C=O) groups is 1. The third kappa shape index (κ3) is 7.33. The minimum absolute atomic E-state index is 0.0609. The molecule has 0 heterocycles. The van der Waals surface area contributed by atoms with Crippen molar-refractivity contribution in [3.63, 3.8) is 0 Å². The van der Waals surface area contributed by atoms with Gasteiger partial charge in [0.2, 0.25) is 0 Å². The summed E-state index contributed by atoms with van der Waals surface area (Å²) in [6.07, 6.45) is 1.08. The van der Waals surface area contributed by atoms with Gasteiger partial charge in [0, 0.05) is 0 Å². The number of hydrogen-bond donors (Lipinski definition) is 0. The Labute approximate surface area is 102 Å². The van der Waals surface area contributed by atoms with Crippen LogP contribution < -0.4 is 0 Å². The normalized spacial score (nSPS) is 10.4. The molecule has 0 spiro atoms. The first-order chi connectivity index (χ1) is 7.80. The fourth-order valence-corrected chi connectivity index (χ4v) is 1.00. The quantitative estimate of drug-likeness (QED) is 0.305. The Balaban J connectivity index is 4.50. The molecular formula is C12H19NO4. The number of rotatable bonds is 6. The first-order valence-electron chi connectivity index (χ1n) is 5.32. The van der Waals surface area contributed by atoms with Crippen molar-refractivity contribution in [1.29, 1.82) is 0 Å². The maximum atomic E-state index is 11.3. The molecule has 96 valence electrons. The van der Waals surface area contributed by atoms with Crippen LogP contribution in [0.1, 0.15) is 27.7 Å².